The van der Waals surface area contributed by atoms with E-state index in [4.69, 9.17) is 18.2 Å². The fourth-order valence-electron chi connectivity index (χ4n) is 7.70. The number of benzene rings is 8. The first-order valence-corrected chi connectivity index (χ1v) is 17.4. The Labute approximate surface area is 297 Å². The highest BCUT2D eigenvalue weighted by Gasteiger charge is 2.23. The monoisotopic (exact) mass is 668 g/mol. The minimum Gasteiger partial charge on any atom is -0.456 e. The van der Waals surface area contributed by atoms with Crippen LogP contribution in [0.5, 0.6) is 0 Å². The maximum Gasteiger partial charge on any atom is 0.231 e. The van der Waals surface area contributed by atoms with Gasteiger partial charge in [0, 0.05) is 33.6 Å². The Balaban J connectivity index is 1.15. The molecule has 0 radical (unpaired) electrons. The van der Waals surface area contributed by atoms with Gasteiger partial charge in [0.25, 0.3) is 0 Å². The van der Waals surface area contributed by atoms with Crippen LogP contribution in [0.15, 0.2) is 183 Å². The molecule has 0 aliphatic rings. The molecule has 0 saturated heterocycles. The van der Waals surface area contributed by atoms with Gasteiger partial charge >= 0.3 is 0 Å². The van der Waals surface area contributed by atoms with Crippen molar-refractivity contribution in [3.63, 3.8) is 0 Å². The van der Waals surface area contributed by atoms with Crippen LogP contribution in [0.1, 0.15) is 0 Å². The zero-order valence-electron chi connectivity index (χ0n) is 27.8. The SMILES string of the molecule is c1ccc(-c2ccc(N(c3ccc4c(c3)oc3c(-c5nc6ccccc6o5)c5ccccc5cc34)c3cccc4oc5ccccc5c34)cc2)cc1. The Hall–Kier alpha value is -7.11. The summed E-state index contributed by atoms with van der Waals surface area (Å²) in [5, 5.41) is 6.28. The summed E-state index contributed by atoms with van der Waals surface area (Å²) >= 11 is 0. The van der Waals surface area contributed by atoms with Crippen molar-refractivity contribution in [2.24, 2.45) is 0 Å². The van der Waals surface area contributed by atoms with Crippen LogP contribution < -0.4 is 4.90 Å². The predicted molar refractivity (Wildman–Crippen MR) is 212 cm³/mol. The highest BCUT2D eigenvalue weighted by molar-refractivity contribution is 6.18. The normalized spacial score (nSPS) is 11.8. The molecule has 0 N–H and O–H groups in total. The van der Waals surface area contributed by atoms with Gasteiger partial charge in [0.2, 0.25) is 5.89 Å². The molecule has 0 unspecified atom stereocenters. The Morgan fingerprint density at radius 1 is 0.423 bits per heavy atom. The molecule has 3 heterocycles. The molecule has 0 aliphatic heterocycles. The van der Waals surface area contributed by atoms with E-state index < -0.39 is 0 Å². The van der Waals surface area contributed by atoms with E-state index in [1.807, 2.05) is 54.6 Å². The van der Waals surface area contributed by atoms with Crippen molar-refractivity contribution >= 4 is 82.8 Å². The lowest BCUT2D eigenvalue weighted by Crippen LogP contribution is -2.10. The molecule has 244 valence electrons. The van der Waals surface area contributed by atoms with Crippen LogP contribution in [-0.4, -0.2) is 4.98 Å². The zero-order chi connectivity index (χ0) is 34.2. The number of para-hydroxylation sites is 3. The van der Waals surface area contributed by atoms with Crippen LogP contribution in [0.2, 0.25) is 0 Å². The molecular weight excluding hydrogens is 641 g/mol. The molecule has 0 saturated carbocycles. The Morgan fingerprint density at radius 2 is 1.13 bits per heavy atom. The van der Waals surface area contributed by atoms with Crippen molar-refractivity contribution in [3.05, 3.63) is 170 Å². The number of aromatic nitrogens is 1. The van der Waals surface area contributed by atoms with Crippen molar-refractivity contribution < 1.29 is 13.3 Å². The van der Waals surface area contributed by atoms with Crippen molar-refractivity contribution in [2.75, 3.05) is 4.90 Å². The second-order valence-corrected chi connectivity index (χ2v) is 13.1. The van der Waals surface area contributed by atoms with Gasteiger partial charge in [0.15, 0.2) is 5.58 Å². The lowest BCUT2D eigenvalue weighted by atomic mass is 10.00. The summed E-state index contributed by atoms with van der Waals surface area (Å²) in [6.45, 7) is 0. The summed E-state index contributed by atoms with van der Waals surface area (Å²) in [6.07, 6.45) is 0. The number of oxazole rings is 1. The quantitative estimate of drug-likeness (QED) is 0.183. The second kappa shape index (κ2) is 11.2. The fourth-order valence-corrected chi connectivity index (χ4v) is 7.70. The van der Waals surface area contributed by atoms with Gasteiger partial charge in [-0.15, -0.1) is 0 Å². The number of nitrogens with zero attached hydrogens (tertiary/aromatic N) is 2. The van der Waals surface area contributed by atoms with Crippen molar-refractivity contribution in [1.82, 2.24) is 4.98 Å². The van der Waals surface area contributed by atoms with Crippen molar-refractivity contribution in [1.29, 1.82) is 0 Å². The second-order valence-electron chi connectivity index (χ2n) is 13.1. The van der Waals surface area contributed by atoms with Crippen LogP contribution in [0.4, 0.5) is 17.1 Å². The minimum atomic E-state index is 0.543. The van der Waals surface area contributed by atoms with Crippen molar-refractivity contribution in [3.8, 4) is 22.6 Å². The number of furan rings is 2. The van der Waals surface area contributed by atoms with E-state index in [1.165, 1.54) is 5.56 Å². The topological polar surface area (TPSA) is 55.6 Å². The molecule has 52 heavy (non-hydrogen) atoms. The molecule has 11 rings (SSSR count). The third-order valence-corrected chi connectivity index (χ3v) is 10.1. The standard InChI is InChI=1S/C47H28N2O3/c1-2-11-29(12-3-1)30-21-23-32(24-22-30)49(39-17-10-20-42-44(39)36-15-6-8-18-40(36)50-42)33-25-26-35-37-27-31-13-4-5-14-34(31)45(46(37)51-43(35)28-33)47-48-38-16-7-9-19-41(38)52-47/h1-28H. The molecule has 3 aromatic heterocycles. The van der Waals surface area contributed by atoms with Gasteiger partial charge in [-0.3, -0.25) is 0 Å². The van der Waals surface area contributed by atoms with E-state index in [-0.39, 0.29) is 0 Å². The summed E-state index contributed by atoms with van der Waals surface area (Å²) in [6, 6.07) is 58.6. The average Bonchev–Trinajstić information content (AvgIpc) is 3.91. The molecule has 5 heteroatoms. The average molecular weight is 669 g/mol. The number of hydrogen-bond donors (Lipinski definition) is 0. The van der Waals surface area contributed by atoms with E-state index in [2.05, 4.69) is 120 Å². The largest absolute Gasteiger partial charge is 0.456 e. The van der Waals surface area contributed by atoms with Crippen LogP contribution in [0, 0.1) is 0 Å². The van der Waals surface area contributed by atoms with Gasteiger partial charge < -0.3 is 18.2 Å². The first-order chi connectivity index (χ1) is 25.8. The van der Waals surface area contributed by atoms with Gasteiger partial charge in [-0.1, -0.05) is 103 Å². The number of rotatable bonds is 5. The van der Waals surface area contributed by atoms with Gasteiger partial charge in [-0.25, -0.2) is 4.98 Å². The van der Waals surface area contributed by atoms with Crippen molar-refractivity contribution in [2.45, 2.75) is 0 Å². The van der Waals surface area contributed by atoms with Gasteiger partial charge in [0.1, 0.15) is 27.8 Å². The van der Waals surface area contributed by atoms with Crippen LogP contribution in [0.3, 0.4) is 0 Å². The molecule has 0 aliphatic carbocycles. The summed E-state index contributed by atoms with van der Waals surface area (Å²) in [4.78, 5) is 7.21. The summed E-state index contributed by atoms with van der Waals surface area (Å²) in [7, 11) is 0. The third kappa shape index (κ3) is 4.39. The van der Waals surface area contributed by atoms with Crippen LogP contribution in [0.25, 0.3) is 88.3 Å². The molecular formula is C47H28N2O3. The molecule has 5 nitrogen and oxygen atoms in total. The molecule has 0 spiro atoms. The van der Waals surface area contributed by atoms with Gasteiger partial charge in [0.05, 0.1) is 16.6 Å². The van der Waals surface area contributed by atoms with Crippen LogP contribution >= 0.6 is 0 Å². The number of fused-ring (bicyclic) bond motifs is 8. The highest BCUT2D eigenvalue weighted by atomic mass is 16.4. The summed E-state index contributed by atoms with van der Waals surface area (Å²) < 4.78 is 19.6. The van der Waals surface area contributed by atoms with E-state index in [0.717, 1.165) is 93.9 Å². The molecule has 8 aromatic carbocycles. The van der Waals surface area contributed by atoms with E-state index in [1.54, 1.807) is 0 Å². The maximum atomic E-state index is 6.88. The Kier molecular flexibility index (Phi) is 6.18. The molecule has 0 amide bonds. The van der Waals surface area contributed by atoms with E-state index >= 15 is 0 Å². The Morgan fingerprint density at radius 3 is 2.00 bits per heavy atom. The number of anilines is 3. The van der Waals surface area contributed by atoms with E-state index in [0.29, 0.717) is 5.89 Å². The van der Waals surface area contributed by atoms with E-state index in [9.17, 15) is 0 Å². The number of hydrogen-bond acceptors (Lipinski definition) is 5. The van der Waals surface area contributed by atoms with Gasteiger partial charge in [-0.05, 0) is 82.6 Å². The summed E-state index contributed by atoms with van der Waals surface area (Å²) in [5.74, 6) is 0.543. The molecule has 0 bridgehead atoms. The van der Waals surface area contributed by atoms with Gasteiger partial charge in [-0.2, -0.15) is 0 Å². The molecule has 11 aromatic rings. The lowest BCUT2D eigenvalue weighted by molar-refractivity contribution is 0.616. The third-order valence-electron chi connectivity index (χ3n) is 10.1. The smallest absolute Gasteiger partial charge is 0.231 e. The fraction of sp³-hybridized carbons (Fsp3) is 0. The minimum absolute atomic E-state index is 0.543. The maximum absolute atomic E-state index is 6.88. The van der Waals surface area contributed by atoms with Crippen LogP contribution in [-0.2, 0) is 0 Å². The zero-order valence-corrected chi connectivity index (χ0v) is 27.8. The highest BCUT2D eigenvalue weighted by Crippen LogP contribution is 2.46. The lowest BCUT2D eigenvalue weighted by Gasteiger charge is -2.26. The molecule has 0 atom stereocenters. The predicted octanol–water partition coefficient (Wildman–Crippen LogP) is 13.6. The Bertz CT molecular complexity index is 3100. The first kappa shape index (κ1) is 28.7. The molecule has 0 fully saturated rings. The summed E-state index contributed by atoms with van der Waals surface area (Å²) in [5.41, 5.74) is 11.0. The first-order valence-electron chi connectivity index (χ1n) is 17.4.